The maximum atomic E-state index is 4.12. The van der Waals surface area contributed by atoms with Gasteiger partial charge in [0.1, 0.15) is 0 Å². The predicted molar refractivity (Wildman–Crippen MR) is 186 cm³/mol. The lowest BCUT2D eigenvalue weighted by atomic mass is 9.76. The van der Waals surface area contributed by atoms with E-state index in [0.29, 0.717) is 0 Å². The van der Waals surface area contributed by atoms with Gasteiger partial charge in [-0.15, -0.1) is 0 Å². The fourth-order valence-corrected chi connectivity index (χ4v) is 9.46. The van der Waals surface area contributed by atoms with E-state index in [1.54, 1.807) is 12.7 Å². The van der Waals surface area contributed by atoms with Gasteiger partial charge in [-0.3, -0.25) is 9.80 Å². The maximum Gasteiger partial charge on any atom is 0.0921 e. The molecular weight excluding hydrogens is 564 g/mol. The monoisotopic (exact) mass is 618 g/mol. The van der Waals surface area contributed by atoms with Crippen LogP contribution in [0.1, 0.15) is 73.9 Å². The Morgan fingerprint density at radius 1 is 0.565 bits per heavy atom. The van der Waals surface area contributed by atoms with Crippen molar-refractivity contribution in [1.82, 2.24) is 29.7 Å². The molecule has 6 unspecified atom stereocenters. The number of hydrogen-bond acceptors (Lipinski definition) is 4. The molecule has 2 saturated heterocycles. The van der Waals surface area contributed by atoms with Crippen molar-refractivity contribution in [3.8, 4) is 0 Å². The fourth-order valence-electron chi connectivity index (χ4n) is 9.46. The highest BCUT2D eigenvalue weighted by atomic mass is 15.2. The van der Waals surface area contributed by atoms with Gasteiger partial charge in [-0.2, -0.15) is 0 Å². The van der Waals surface area contributed by atoms with Crippen LogP contribution >= 0.6 is 0 Å². The van der Waals surface area contributed by atoms with E-state index in [2.05, 4.69) is 90.4 Å². The van der Waals surface area contributed by atoms with Crippen LogP contribution in [-0.2, 0) is 25.7 Å². The van der Waals surface area contributed by atoms with E-state index in [0.717, 1.165) is 48.6 Å². The summed E-state index contributed by atoms with van der Waals surface area (Å²) < 4.78 is 0. The minimum Gasteiger partial charge on any atom is -0.348 e. The van der Waals surface area contributed by atoms with Crippen molar-refractivity contribution in [2.45, 2.75) is 89.1 Å². The van der Waals surface area contributed by atoms with Gasteiger partial charge >= 0.3 is 0 Å². The van der Waals surface area contributed by atoms with E-state index in [1.807, 2.05) is 12.4 Å². The molecule has 0 bridgehead atoms. The number of fused-ring (bicyclic) bond motifs is 2. The Bertz CT molecular complexity index is 1290. The van der Waals surface area contributed by atoms with Gasteiger partial charge in [-0.1, -0.05) is 60.7 Å². The Hall–Kier alpha value is -3.22. The van der Waals surface area contributed by atoms with Crippen LogP contribution in [0.2, 0.25) is 0 Å². The van der Waals surface area contributed by atoms with E-state index >= 15 is 0 Å². The first-order valence-corrected chi connectivity index (χ1v) is 18.3. The molecule has 0 amide bonds. The number of hydrogen-bond donors (Lipinski definition) is 2. The summed E-state index contributed by atoms with van der Waals surface area (Å²) in [7, 11) is 0. The quantitative estimate of drug-likeness (QED) is 0.195. The van der Waals surface area contributed by atoms with Crippen LogP contribution in [0.25, 0.3) is 0 Å². The minimum atomic E-state index is 0.838. The zero-order chi connectivity index (χ0) is 31.0. The summed E-state index contributed by atoms with van der Waals surface area (Å²) in [6.07, 6.45) is 23.5. The van der Waals surface area contributed by atoms with Gasteiger partial charge in [-0.25, -0.2) is 9.97 Å². The number of nitrogens with one attached hydrogen (secondary N) is 2. The van der Waals surface area contributed by atoms with Crippen LogP contribution in [0, 0.1) is 23.7 Å². The highest BCUT2D eigenvalue weighted by Crippen LogP contribution is 2.41. The summed E-state index contributed by atoms with van der Waals surface area (Å²) in [5.74, 6) is 3.65. The zero-order valence-corrected chi connectivity index (χ0v) is 27.6. The standard InChI is InChI=1S/2C20H27N3/c2*1-2-4-16(5-3-1)12-17-6-7-20-18(13-17)8-10-23(20)11-9-19-14-21-15-22-19/h2*1-5,14-15,17-18,20H,6-13H2,(H,21,22). The molecule has 6 heteroatoms. The molecule has 4 aliphatic rings. The Labute approximate surface area is 276 Å². The van der Waals surface area contributed by atoms with Crippen molar-refractivity contribution < 1.29 is 0 Å². The lowest BCUT2D eigenvalue weighted by Crippen LogP contribution is -2.38. The molecule has 6 nitrogen and oxygen atoms in total. The second-order valence-corrected chi connectivity index (χ2v) is 14.7. The Morgan fingerprint density at radius 3 is 1.43 bits per heavy atom. The summed E-state index contributed by atoms with van der Waals surface area (Å²) in [4.78, 5) is 20.2. The molecule has 244 valence electrons. The largest absolute Gasteiger partial charge is 0.348 e. The van der Waals surface area contributed by atoms with Crippen molar-refractivity contribution in [2.75, 3.05) is 26.2 Å². The Balaban J connectivity index is 0.000000147. The number of likely N-dealkylation sites (tertiary alicyclic amines) is 2. The van der Waals surface area contributed by atoms with Gasteiger partial charge in [0.15, 0.2) is 0 Å². The second-order valence-electron chi connectivity index (χ2n) is 14.7. The summed E-state index contributed by atoms with van der Waals surface area (Å²) >= 11 is 0. The highest BCUT2D eigenvalue weighted by Gasteiger charge is 2.39. The third-order valence-corrected chi connectivity index (χ3v) is 11.8. The number of aromatic amines is 2. The average molecular weight is 619 g/mol. The van der Waals surface area contributed by atoms with Crippen LogP contribution in [-0.4, -0.2) is 68.0 Å². The van der Waals surface area contributed by atoms with E-state index in [4.69, 9.17) is 0 Å². The van der Waals surface area contributed by atoms with E-state index in [9.17, 15) is 0 Å². The molecule has 4 heterocycles. The molecule has 2 saturated carbocycles. The molecular formula is C40H54N6. The maximum absolute atomic E-state index is 4.12. The van der Waals surface area contributed by atoms with Crippen LogP contribution in [0.4, 0.5) is 0 Å². The van der Waals surface area contributed by atoms with Crippen molar-refractivity contribution in [3.63, 3.8) is 0 Å². The number of benzene rings is 2. The van der Waals surface area contributed by atoms with Crippen molar-refractivity contribution in [2.24, 2.45) is 23.7 Å². The lowest BCUT2D eigenvalue weighted by molar-refractivity contribution is 0.152. The molecule has 0 spiro atoms. The smallest absolute Gasteiger partial charge is 0.0921 e. The summed E-state index contributed by atoms with van der Waals surface area (Å²) in [6, 6.07) is 23.8. The molecule has 4 aromatic rings. The number of rotatable bonds is 10. The van der Waals surface area contributed by atoms with Gasteiger partial charge < -0.3 is 9.97 Å². The van der Waals surface area contributed by atoms with E-state index in [1.165, 1.54) is 113 Å². The Morgan fingerprint density at radius 2 is 1.02 bits per heavy atom. The topological polar surface area (TPSA) is 63.8 Å². The van der Waals surface area contributed by atoms with Crippen LogP contribution in [0.3, 0.4) is 0 Å². The molecule has 8 rings (SSSR count). The normalized spacial score (nSPS) is 27.9. The summed E-state index contributed by atoms with van der Waals surface area (Å²) in [5, 5.41) is 0. The molecule has 2 N–H and O–H groups in total. The number of aromatic nitrogens is 4. The third-order valence-electron chi connectivity index (χ3n) is 11.8. The number of nitrogens with zero attached hydrogens (tertiary/aromatic N) is 4. The average Bonchev–Trinajstić information content (AvgIpc) is 3.92. The number of imidazole rings is 2. The summed E-state index contributed by atoms with van der Waals surface area (Å²) in [6.45, 7) is 4.96. The molecule has 2 aromatic heterocycles. The van der Waals surface area contributed by atoms with Gasteiger partial charge in [0.25, 0.3) is 0 Å². The lowest BCUT2D eigenvalue weighted by Gasteiger charge is -2.36. The SMILES string of the molecule is c1ccc(CC2CCC3C(CCN3CCc3cnc[nH]3)C2)cc1.c1ccc(CC2CCC3C(CCN3CCc3cnc[nH]3)C2)cc1. The van der Waals surface area contributed by atoms with Gasteiger partial charge in [-0.05, 0) is 112 Å². The first kappa shape index (κ1) is 31.4. The minimum absolute atomic E-state index is 0.838. The van der Waals surface area contributed by atoms with E-state index in [-0.39, 0.29) is 0 Å². The Kier molecular flexibility index (Phi) is 10.6. The zero-order valence-electron chi connectivity index (χ0n) is 27.6. The predicted octanol–water partition coefficient (Wildman–Crippen LogP) is 7.37. The molecule has 6 atom stereocenters. The molecule has 46 heavy (non-hydrogen) atoms. The molecule has 2 aliphatic heterocycles. The van der Waals surface area contributed by atoms with Crippen molar-refractivity contribution >= 4 is 0 Å². The molecule has 0 radical (unpaired) electrons. The van der Waals surface area contributed by atoms with Crippen LogP contribution in [0.5, 0.6) is 0 Å². The van der Waals surface area contributed by atoms with Gasteiger partial charge in [0.2, 0.25) is 0 Å². The molecule has 2 aromatic carbocycles. The molecule has 2 aliphatic carbocycles. The number of H-pyrrole nitrogens is 2. The molecule has 4 fully saturated rings. The first-order chi connectivity index (χ1) is 22.8. The highest BCUT2D eigenvalue weighted by molar-refractivity contribution is 5.16. The second kappa shape index (κ2) is 15.6. The first-order valence-electron chi connectivity index (χ1n) is 18.3. The van der Waals surface area contributed by atoms with Crippen molar-refractivity contribution in [3.05, 3.63) is 108 Å². The fraction of sp³-hybridized carbons (Fsp3) is 0.550. The van der Waals surface area contributed by atoms with Gasteiger partial charge in [0.05, 0.1) is 12.7 Å². The summed E-state index contributed by atoms with van der Waals surface area (Å²) in [5.41, 5.74) is 5.58. The van der Waals surface area contributed by atoms with Crippen molar-refractivity contribution in [1.29, 1.82) is 0 Å². The van der Waals surface area contributed by atoms with Gasteiger partial charge in [0, 0.05) is 61.8 Å². The van der Waals surface area contributed by atoms with Crippen LogP contribution < -0.4 is 0 Å². The third kappa shape index (κ3) is 8.19. The van der Waals surface area contributed by atoms with Crippen LogP contribution in [0.15, 0.2) is 85.7 Å². The van der Waals surface area contributed by atoms with E-state index < -0.39 is 0 Å².